The molecular formula is C25H20BrFN2O5. The molecule has 1 aromatic heterocycles. The highest BCUT2D eigenvalue weighted by atomic mass is 79.9. The summed E-state index contributed by atoms with van der Waals surface area (Å²) < 4.78 is 32.9. The van der Waals surface area contributed by atoms with Crippen LogP contribution in [0, 0.1) is 5.82 Å². The lowest BCUT2D eigenvalue weighted by molar-refractivity contribution is 0.0599. The van der Waals surface area contributed by atoms with Gasteiger partial charge in [0.25, 0.3) is 0 Å². The van der Waals surface area contributed by atoms with Crippen LogP contribution in [0.2, 0.25) is 0 Å². The number of hydrogen-bond donors (Lipinski definition) is 0. The molecule has 7 nitrogen and oxygen atoms in total. The molecular weight excluding hydrogens is 507 g/mol. The highest BCUT2D eigenvalue weighted by Gasteiger charge is 2.17. The van der Waals surface area contributed by atoms with Gasteiger partial charge in [-0.2, -0.15) is 0 Å². The fourth-order valence-electron chi connectivity index (χ4n) is 3.45. The summed E-state index contributed by atoms with van der Waals surface area (Å²) in [5, 5.41) is 0. The molecule has 0 saturated carbocycles. The van der Waals surface area contributed by atoms with E-state index in [0.29, 0.717) is 32.6 Å². The lowest BCUT2D eigenvalue weighted by Gasteiger charge is -2.14. The highest BCUT2D eigenvalue weighted by molar-refractivity contribution is 9.10. The molecule has 0 amide bonds. The summed E-state index contributed by atoms with van der Waals surface area (Å²) >= 11 is 3.22. The van der Waals surface area contributed by atoms with Crippen molar-refractivity contribution in [1.82, 2.24) is 9.55 Å². The van der Waals surface area contributed by atoms with Crippen molar-refractivity contribution in [2.24, 2.45) is 0 Å². The molecule has 0 aliphatic carbocycles. The van der Waals surface area contributed by atoms with Crippen LogP contribution in [-0.4, -0.2) is 28.5 Å². The van der Waals surface area contributed by atoms with E-state index < -0.39 is 11.8 Å². The number of fused-ring (bicyclic) bond motifs is 1. The zero-order chi connectivity index (χ0) is 24.2. The van der Waals surface area contributed by atoms with Crippen LogP contribution in [0.3, 0.4) is 0 Å². The average Bonchev–Trinajstić information content (AvgIpc) is 3.20. The third-order valence-electron chi connectivity index (χ3n) is 5.07. The van der Waals surface area contributed by atoms with Gasteiger partial charge in [-0.3, -0.25) is 9.36 Å². The molecule has 0 spiro atoms. The van der Waals surface area contributed by atoms with Crippen molar-refractivity contribution in [3.05, 3.63) is 87.9 Å². The van der Waals surface area contributed by atoms with E-state index in [2.05, 4.69) is 20.9 Å². The van der Waals surface area contributed by atoms with Gasteiger partial charge in [-0.05, 0) is 42.5 Å². The lowest BCUT2D eigenvalue weighted by Crippen LogP contribution is -2.13. The molecule has 1 heterocycles. The van der Waals surface area contributed by atoms with Crippen LogP contribution in [0.25, 0.3) is 11.0 Å². The Morgan fingerprint density at radius 2 is 1.76 bits per heavy atom. The highest BCUT2D eigenvalue weighted by Crippen LogP contribution is 2.31. The quantitative estimate of drug-likeness (QED) is 0.294. The molecule has 0 N–H and O–H groups in total. The van der Waals surface area contributed by atoms with Crippen LogP contribution >= 0.6 is 15.9 Å². The molecule has 3 aromatic carbocycles. The second kappa shape index (κ2) is 10.0. The number of methoxy groups -OCH3 is 1. The summed E-state index contributed by atoms with van der Waals surface area (Å²) in [6, 6.07) is 16.5. The van der Waals surface area contributed by atoms with Crippen molar-refractivity contribution in [3.8, 4) is 11.5 Å². The molecule has 0 aliphatic rings. The molecule has 0 unspecified atom stereocenters. The molecule has 9 heteroatoms. The molecule has 0 radical (unpaired) electrons. The van der Waals surface area contributed by atoms with E-state index in [4.69, 9.17) is 14.2 Å². The molecule has 0 bridgehead atoms. The third kappa shape index (κ3) is 4.94. The number of imidazole rings is 1. The minimum atomic E-state index is -0.551. The summed E-state index contributed by atoms with van der Waals surface area (Å²) in [6.07, 6.45) is 0. The smallest absolute Gasteiger partial charge is 0.337 e. The second-order valence-corrected chi connectivity index (χ2v) is 8.25. The van der Waals surface area contributed by atoms with Gasteiger partial charge in [0.1, 0.15) is 19.0 Å². The van der Waals surface area contributed by atoms with Crippen molar-refractivity contribution in [2.75, 3.05) is 7.11 Å². The van der Waals surface area contributed by atoms with Gasteiger partial charge < -0.3 is 14.2 Å². The van der Waals surface area contributed by atoms with Gasteiger partial charge in [0.05, 0.1) is 23.7 Å². The Labute approximate surface area is 203 Å². The Bertz CT molecular complexity index is 1390. The van der Waals surface area contributed by atoms with E-state index in [-0.39, 0.29) is 30.4 Å². The summed E-state index contributed by atoms with van der Waals surface area (Å²) in [4.78, 5) is 28.7. The first-order valence-electron chi connectivity index (χ1n) is 10.3. The third-order valence-corrected chi connectivity index (χ3v) is 5.56. The van der Waals surface area contributed by atoms with E-state index >= 15 is 0 Å². The molecule has 34 heavy (non-hydrogen) atoms. The fraction of sp³-hybridized carbons (Fsp3) is 0.160. The molecule has 0 atom stereocenters. The second-order valence-electron chi connectivity index (χ2n) is 7.34. The molecule has 4 aromatic rings. The van der Waals surface area contributed by atoms with Crippen molar-refractivity contribution < 1.29 is 28.2 Å². The maximum Gasteiger partial charge on any atom is 0.337 e. The first kappa shape index (κ1) is 23.4. The number of hydrogen-bond acceptors (Lipinski definition) is 6. The van der Waals surface area contributed by atoms with Gasteiger partial charge in [-0.25, -0.2) is 14.2 Å². The van der Waals surface area contributed by atoms with Crippen molar-refractivity contribution in [2.45, 2.75) is 20.1 Å². The van der Waals surface area contributed by atoms with Crippen LogP contribution in [0.5, 0.6) is 11.5 Å². The Kier molecular flexibility index (Phi) is 6.93. The van der Waals surface area contributed by atoms with Gasteiger partial charge in [0.2, 0.25) is 5.91 Å². The van der Waals surface area contributed by atoms with Crippen molar-refractivity contribution in [3.63, 3.8) is 0 Å². The van der Waals surface area contributed by atoms with Crippen LogP contribution < -0.4 is 9.47 Å². The van der Waals surface area contributed by atoms with Crippen LogP contribution in [0.4, 0.5) is 4.39 Å². The maximum atomic E-state index is 14.2. The predicted octanol–water partition coefficient (Wildman–Crippen LogP) is 5.54. The van der Waals surface area contributed by atoms with Gasteiger partial charge in [-0.15, -0.1) is 0 Å². The topological polar surface area (TPSA) is 79.7 Å². The van der Waals surface area contributed by atoms with E-state index in [1.807, 2.05) is 18.2 Å². The number of para-hydroxylation sites is 2. The molecule has 4 rings (SSSR count). The average molecular weight is 527 g/mol. The molecule has 0 saturated heterocycles. The van der Waals surface area contributed by atoms with Crippen LogP contribution in [0.1, 0.15) is 33.5 Å². The van der Waals surface area contributed by atoms with Crippen LogP contribution in [0.15, 0.2) is 65.1 Å². The minimum Gasteiger partial charge on any atom is -0.485 e. The number of carbonyl (C=O) groups excluding carboxylic acids is 2. The van der Waals surface area contributed by atoms with Crippen LogP contribution in [-0.2, 0) is 18.0 Å². The number of carbonyl (C=O) groups is 2. The zero-order valence-corrected chi connectivity index (χ0v) is 20.0. The molecule has 0 aliphatic heterocycles. The summed E-state index contributed by atoms with van der Waals surface area (Å²) in [6.45, 7) is 1.32. The Balaban J connectivity index is 1.62. The number of benzene rings is 3. The summed E-state index contributed by atoms with van der Waals surface area (Å²) in [5.74, 6) is -0.255. The zero-order valence-electron chi connectivity index (χ0n) is 18.4. The Hall–Kier alpha value is -3.72. The lowest BCUT2D eigenvalue weighted by atomic mass is 10.2. The Morgan fingerprint density at radius 1 is 1.00 bits per heavy atom. The van der Waals surface area contributed by atoms with E-state index in [0.717, 1.165) is 0 Å². The van der Waals surface area contributed by atoms with Crippen molar-refractivity contribution in [1.29, 1.82) is 0 Å². The number of halogens is 2. The molecule has 0 fully saturated rings. The van der Waals surface area contributed by atoms with E-state index in [1.54, 1.807) is 24.3 Å². The van der Waals surface area contributed by atoms with Gasteiger partial charge in [-0.1, -0.05) is 34.1 Å². The number of rotatable bonds is 7. The predicted molar refractivity (Wildman–Crippen MR) is 127 cm³/mol. The van der Waals surface area contributed by atoms with Gasteiger partial charge in [0, 0.05) is 17.0 Å². The van der Waals surface area contributed by atoms with Gasteiger partial charge >= 0.3 is 5.97 Å². The number of aromatic nitrogens is 2. The minimum absolute atomic E-state index is 0.0329. The number of esters is 1. The largest absolute Gasteiger partial charge is 0.485 e. The normalized spacial score (nSPS) is 10.8. The first-order chi connectivity index (χ1) is 16.4. The monoisotopic (exact) mass is 526 g/mol. The summed E-state index contributed by atoms with van der Waals surface area (Å²) in [5.41, 5.74) is 1.92. The van der Waals surface area contributed by atoms with E-state index in [1.165, 1.54) is 36.8 Å². The Morgan fingerprint density at radius 3 is 2.50 bits per heavy atom. The SMILES string of the molecule is COC(=O)c1ccc(OCc2nc3ccccc3n2C(C)=O)c(OCc2ccc(Br)cc2F)c1. The van der Waals surface area contributed by atoms with E-state index in [9.17, 15) is 14.0 Å². The first-order valence-corrected chi connectivity index (χ1v) is 11.1. The number of nitrogens with zero attached hydrogens (tertiary/aromatic N) is 2. The van der Waals surface area contributed by atoms with Gasteiger partial charge in [0.15, 0.2) is 17.3 Å². The molecule has 174 valence electrons. The number of ether oxygens (including phenoxy) is 3. The van der Waals surface area contributed by atoms with Crippen molar-refractivity contribution >= 4 is 38.8 Å². The fourth-order valence-corrected chi connectivity index (χ4v) is 3.78. The summed E-state index contributed by atoms with van der Waals surface area (Å²) in [7, 11) is 1.27. The standard InChI is InChI=1S/C25H20BrFN2O5/c1-15(30)29-21-6-4-3-5-20(21)28-24(29)14-34-22-10-8-16(25(31)32-2)11-23(22)33-13-17-7-9-18(26)12-19(17)27/h3-12H,13-14H2,1-2H3. The maximum absolute atomic E-state index is 14.2.